The number of hydrogen-bond donors (Lipinski definition) is 6. The fourth-order valence-corrected chi connectivity index (χ4v) is 3.67. The molecule has 0 radical (unpaired) electrons. The van der Waals surface area contributed by atoms with Crippen LogP contribution in [0.2, 0.25) is 0 Å². The van der Waals surface area contributed by atoms with Gasteiger partial charge in [-0.15, -0.1) is 0 Å². The van der Waals surface area contributed by atoms with Crippen LogP contribution < -0.4 is 33.2 Å². The van der Waals surface area contributed by atoms with E-state index in [9.17, 15) is 14.4 Å². The molecule has 1 aromatic heterocycles. The second-order valence-electron chi connectivity index (χ2n) is 8.54. The summed E-state index contributed by atoms with van der Waals surface area (Å²) in [6, 6.07) is 16.6. The lowest BCUT2D eigenvalue weighted by molar-refractivity contribution is -0.130. The van der Waals surface area contributed by atoms with E-state index in [1.54, 1.807) is 6.20 Å². The van der Waals surface area contributed by atoms with Crippen molar-refractivity contribution in [1.82, 2.24) is 15.6 Å². The van der Waals surface area contributed by atoms with Crippen molar-refractivity contribution in [3.63, 3.8) is 0 Å². The van der Waals surface area contributed by atoms with Gasteiger partial charge >= 0.3 is 0 Å². The van der Waals surface area contributed by atoms with Crippen molar-refractivity contribution in [2.24, 2.45) is 17.2 Å². The molecule has 0 aliphatic heterocycles. The highest BCUT2D eigenvalue weighted by molar-refractivity contribution is 5.99. The smallest absolute Gasteiger partial charge is 0.247 e. The van der Waals surface area contributed by atoms with Gasteiger partial charge in [0.05, 0.1) is 35.9 Å². The zero-order chi connectivity index (χ0) is 25.9. The van der Waals surface area contributed by atoms with Gasteiger partial charge in [-0.25, -0.2) is 0 Å². The van der Waals surface area contributed by atoms with Crippen LogP contribution in [0.25, 0.3) is 10.9 Å². The molecule has 2 unspecified atom stereocenters. The first-order chi connectivity index (χ1) is 17.4. The van der Waals surface area contributed by atoms with Crippen LogP contribution in [-0.4, -0.2) is 53.9 Å². The molecule has 0 fully saturated rings. The van der Waals surface area contributed by atoms with E-state index in [4.69, 9.17) is 17.2 Å². The Labute approximate surface area is 210 Å². The zero-order valence-corrected chi connectivity index (χ0v) is 20.0. The third-order valence-electron chi connectivity index (χ3n) is 5.73. The molecule has 9 N–H and O–H groups in total. The summed E-state index contributed by atoms with van der Waals surface area (Å²) in [6.45, 7) is 0.351. The SMILES string of the molecule is NCC(CN)NC(=O)CC(N)C(=O)NC(CCc1ccccc1)C(=O)Nc1cnc2ccccc2c1. The number of fused-ring (bicyclic) bond motifs is 1. The minimum absolute atomic E-state index is 0.176. The van der Waals surface area contributed by atoms with E-state index in [2.05, 4.69) is 20.9 Å². The van der Waals surface area contributed by atoms with E-state index in [0.29, 0.717) is 18.5 Å². The molecule has 2 aromatic carbocycles. The van der Waals surface area contributed by atoms with Crippen LogP contribution in [0, 0.1) is 0 Å². The molecule has 1 heterocycles. The average molecular weight is 492 g/mol. The van der Waals surface area contributed by atoms with E-state index in [1.165, 1.54) is 0 Å². The molecule has 2 atom stereocenters. The Bertz CT molecular complexity index is 1170. The van der Waals surface area contributed by atoms with Gasteiger partial charge in [0.1, 0.15) is 6.04 Å². The summed E-state index contributed by atoms with van der Waals surface area (Å²) in [4.78, 5) is 42.5. The monoisotopic (exact) mass is 491 g/mol. The first-order valence-corrected chi connectivity index (χ1v) is 11.8. The molecule has 3 aromatic rings. The van der Waals surface area contributed by atoms with Gasteiger partial charge in [0.25, 0.3) is 0 Å². The summed E-state index contributed by atoms with van der Waals surface area (Å²) in [5.74, 6) is -1.45. The predicted molar refractivity (Wildman–Crippen MR) is 140 cm³/mol. The molecule has 3 amide bonds. The Morgan fingerprint density at radius 3 is 2.31 bits per heavy atom. The van der Waals surface area contributed by atoms with Crippen LogP contribution in [0.5, 0.6) is 0 Å². The number of amides is 3. The van der Waals surface area contributed by atoms with Crippen LogP contribution in [-0.2, 0) is 20.8 Å². The maximum atomic E-state index is 13.2. The quantitative estimate of drug-likeness (QED) is 0.212. The van der Waals surface area contributed by atoms with Gasteiger partial charge < -0.3 is 33.2 Å². The number of nitrogens with zero attached hydrogens (tertiary/aromatic N) is 1. The van der Waals surface area contributed by atoms with E-state index in [1.807, 2.05) is 60.7 Å². The van der Waals surface area contributed by atoms with Crippen LogP contribution in [0.3, 0.4) is 0 Å². The number of carbonyl (C=O) groups excluding carboxylic acids is 3. The van der Waals surface area contributed by atoms with Crippen molar-refractivity contribution in [2.45, 2.75) is 37.4 Å². The summed E-state index contributed by atoms with van der Waals surface area (Å²) in [6.07, 6.45) is 2.20. The Balaban J connectivity index is 1.68. The summed E-state index contributed by atoms with van der Waals surface area (Å²) >= 11 is 0. The van der Waals surface area contributed by atoms with Crippen molar-refractivity contribution in [3.8, 4) is 0 Å². The number of nitrogens with one attached hydrogen (secondary N) is 3. The number of pyridine rings is 1. The zero-order valence-electron chi connectivity index (χ0n) is 20.0. The lowest BCUT2D eigenvalue weighted by Crippen LogP contribution is -2.52. The van der Waals surface area contributed by atoms with Gasteiger partial charge in [0.15, 0.2) is 0 Å². The highest BCUT2D eigenvalue weighted by Gasteiger charge is 2.26. The van der Waals surface area contributed by atoms with Crippen LogP contribution >= 0.6 is 0 Å². The largest absolute Gasteiger partial charge is 0.351 e. The van der Waals surface area contributed by atoms with Crippen molar-refractivity contribution in [3.05, 3.63) is 72.4 Å². The molecular formula is C26H33N7O3. The lowest BCUT2D eigenvalue weighted by Gasteiger charge is -2.21. The molecule has 0 saturated carbocycles. The van der Waals surface area contributed by atoms with E-state index < -0.39 is 35.8 Å². The summed E-state index contributed by atoms with van der Waals surface area (Å²) in [5, 5.41) is 9.05. The molecule has 0 bridgehead atoms. The normalized spacial score (nSPS) is 12.7. The Morgan fingerprint density at radius 1 is 0.889 bits per heavy atom. The molecule has 3 rings (SSSR count). The van der Waals surface area contributed by atoms with Crippen molar-refractivity contribution in [1.29, 1.82) is 0 Å². The van der Waals surface area contributed by atoms with Crippen molar-refractivity contribution < 1.29 is 14.4 Å². The Hall–Kier alpha value is -3.86. The Kier molecular flexibility index (Phi) is 9.87. The topological polar surface area (TPSA) is 178 Å². The minimum atomic E-state index is -1.14. The number of hydrogen-bond acceptors (Lipinski definition) is 7. The predicted octanol–water partition coefficient (Wildman–Crippen LogP) is 0.411. The summed E-state index contributed by atoms with van der Waals surface area (Å²) in [7, 11) is 0. The molecule has 0 aliphatic carbocycles. The summed E-state index contributed by atoms with van der Waals surface area (Å²) < 4.78 is 0. The Morgan fingerprint density at radius 2 is 1.58 bits per heavy atom. The van der Waals surface area contributed by atoms with E-state index in [0.717, 1.165) is 16.5 Å². The fraction of sp³-hybridized carbons (Fsp3) is 0.308. The van der Waals surface area contributed by atoms with Crippen molar-refractivity contribution in [2.75, 3.05) is 18.4 Å². The molecule has 10 heteroatoms. The highest BCUT2D eigenvalue weighted by atomic mass is 16.2. The van der Waals surface area contributed by atoms with E-state index in [-0.39, 0.29) is 19.5 Å². The van der Waals surface area contributed by atoms with Crippen LogP contribution in [0.4, 0.5) is 5.69 Å². The maximum absolute atomic E-state index is 13.2. The van der Waals surface area contributed by atoms with Crippen LogP contribution in [0.1, 0.15) is 18.4 Å². The number of rotatable bonds is 12. The molecule has 0 saturated heterocycles. The minimum Gasteiger partial charge on any atom is -0.351 e. The summed E-state index contributed by atoms with van der Waals surface area (Å²) in [5.41, 5.74) is 19.4. The van der Waals surface area contributed by atoms with Gasteiger partial charge in [-0.05, 0) is 30.5 Å². The van der Waals surface area contributed by atoms with Gasteiger partial charge in [-0.2, -0.15) is 0 Å². The molecule has 190 valence electrons. The molecule has 10 nitrogen and oxygen atoms in total. The van der Waals surface area contributed by atoms with Crippen LogP contribution in [0.15, 0.2) is 66.9 Å². The number of carbonyl (C=O) groups is 3. The third kappa shape index (κ3) is 7.84. The first-order valence-electron chi connectivity index (χ1n) is 11.8. The fourth-order valence-electron chi connectivity index (χ4n) is 3.67. The number of para-hydroxylation sites is 1. The number of aryl methyl sites for hydroxylation is 1. The van der Waals surface area contributed by atoms with Gasteiger partial charge in [0.2, 0.25) is 17.7 Å². The number of aromatic nitrogens is 1. The van der Waals surface area contributed by atoms with Crippen molar-refractivity contribution >= 4 is 34.3 Å². The van der Waals surface area contributed by atoms with Gasteiger partial charge in [-0.1, -0.05) is 48.5 Å². The molecule has 0 spiro atoms. The second-order valence-corrected chi connectivity index (χ2v) is 8.54. The molecular weight excluding hydrogens is 458 g/mol. The van der Waals surface area contributed by atoms with Gasteiger partial charge in [0, 0.05) is 18.5 Å². The standard InChI is InChI=1S/C26H33N7O3/c27-14-20(15-28)31-24(34)13-21(29)25(35)33-23(11-10-17-6-2-1-3-7-17)26(36)32-19-12-18-8-4-5-9-22(18)30-16-19/h1-9,12,16,20-21,23H,10-11,13-15,27-29H2,(H,31,34)(H,32,36)(H,33,35). The average Bonchev–Trinajstić information content (AvgIpc) is 2.89. The lowest BCUT2D eigenvalue weighted by atomic mass is 10.0. The third-order valence-corrected chi connectivity index (χ3v) is 5.73. The molecule has 36 heavy (non-hydrogen) atoms. The highest BCUT2D eigenvalue weighted by Crippen LogP contribution is 2.17. The molecule has 0 aliphatic rings. The van der Waals surface area contributed by atoms with E-state index >= 15 is 0 Å². The second kappa shape index (κ2) is 13.3. The number of anilines is 1. The number of benzene rings is 2. The maximum Gasteiger partial charge on any atom is 0.247 e. The number of nitrogens with two attached hydrogens (primary N) is 3. The van der Waals surface area contributed by atoms with Gasteiger partial charge in [-0.3, -0.25) is 19.4 Å². The first kappa shape index (κ1) is 26.7.